The molecular weight excluding hydrogens is 236 g/mol. The third-order valence-corrected chi connectivity index (χ3v) is 3.46. The maximum atomic E-state index is 4.21. The second kappa shape index (κ2) is 6.57. The lowest BCUT2D eigenvalue weighted by atomic mass is 10.2. The van der Waals surface area contributed by atoms with Gasteiger partial charge in [-0.2, -0.15) is 0 Å². The Bertz CT molecular complexity index is 498. The van der Waals surface area contributed by atoms with Crippen LogP contribution >= 0.6 is 0 Å². The van der Waals surface area contributed by atoms with Crippen LogP contribution in [0.4, 0.5) is 0 Å². The SMILES string of the molecule is CCCNC(C)c1ccn(Cc2cncn2CC)c1. The predicted octanol–water partition coefficient (Wildman–Crippen LogP) is 2.81. The van der Waals surface area contributed by atoms with Crippen LogP contribution in [-0.4, -0.2) is 20.7 Å². The van der Waals surface area contributed by atoms with Gasteiger partial charge in [-0.25, -0.2) is 4.98 Å². The summed E-state index contributed by atoms with van der Waals surface area (Å²) < 4.78 is 4.40. The number of nitrogens with one attached hydrogen (secondary N) is 1. The van der Waals surface area contributed by atoms with Crippen molar-refractivity contribution in [1.82, 2.24) is 19.4 Å². The molecule has 104 valence electrons. The van der Waals surface area contributed by atoms with E-state index in [4.69, 9.17) is 0 Å². The second-order valence-electron chi connectivity index (χ2n) is 4.96. The average Bonchev–Trinajstić information content (AvgIpc) is 3.05. The highest BCUT2D eigenvalue weighted by Crippen LogP contribution is 2.14. The molecule has 0 amide bonds. The number of nitrogens with zero attached hydrogens (tertiary/aromatic N) is 3. The monoisotopic (exact) mass is 260 g/mol. The van der Waals surface area contributed by atoms with Crippen molar-refractivity contribution >= 4 is 0 Å². The van der Waals surface area contributed by atoms with Crippen LogP contribution in [0.5, 0.6) is 0 Å². The molecular formula is C15H24N4. The molecule has 2 aromatic heterocycles. The Morgan fingerprint density at radius 1 is 1.37 bits per heavy atom. The van der Waals surface area contributed by atoms with E-state index in [1.807, 2.05) is 12.5 Å². The summed E-state index contributed by atoms with van der Waals surface area (Å²) in [6.07, 6.45) is 9.38. The van der Waals surface area contributed by atoms with Gasteiger partial charge in [0.25, 0.3) is 0 Å². The van der Waals surface area contributed by atoms with Gasteiger partial charge in [0.2, 0.25) is 0 Å². The number of aromatic nitrogens is 3. The highest BCUT2D eigenvalue weighted by molar-refractivity contribution is 5.16. The third kappa shape index (κ3) is 3.47. The maximum absolute atomic E-state index is 4.21. The molecule has 0 saturated heterocycles. The summed E-state index contributed by atoms with van der Waals surface area (Å²) in [6.45, 7) is 9.46. The minimum atomic E-state index is 0.414. The van der Waals surface area contributed by atoms with Crippen molar-refractivity contribution in [2.24, 2.45) is 0 Å². The minimum absolute atomic E-state index is 0.414. The highest BCUT2D eigenvalue weighted by atomic mass is 15.1. The van der Waals surface area contributed by atoms with Gasteiger partial charge in [0.15, 0.2) is 0 Å². The largest absolute Gasteiger partial charge is 0.348 e. The predicted molar refractivity (Wildman–Crippen MR) is 78.1 cm³/mol. The Morgan fingerprint density at radius 2 is 2.21 bits per heavy atom. The maximum Gasteiger partial charge on any atom is 0.0948 e. The van der Waals surface area contributed by atoms with Gasteiger partial charge in [-0.15, -0.1) is 0 Å². The Labute approximate surface area is 115 Å². The zero-order valence-corrected chi connectivity index (χ0v) is 12.1. The first kappa shape index (κ1) is 13.9. The molecule has 0 saturated carbocycles. The summed E-state index contributed by atoms with van der Waals surface area (Å²) in [4.78, 5) is 4.21. The number of hydrogen-bond donors (Lipinski definition) is 1. The van der Waals surface area contributed by atoms with E-state index in [0.717, 1.165) is 19.6 Å². The molecule has 2 rings (SSSR count). The Morgan fingerprint density at radius 3 is 2.95 bits per heavy atom. The van der Waals surface area contributed by atoms with E-state index in [-0.39, 0.29) is 0 Å². The minimum Gasteiger partial charge on any atom is -0.348 e. The van der Waals surface area contributed by atoms with Crippen molar-refractivity contribution in [2.75, 3.05) is 6.54 Å². The molecule has 0 fully saturated rings. The first-order valence-corrected chi connectivity index (χ1v) is 7.12. The molecule has 2 heterocycles. The van der Waals surface area contributed by atoms with E-state index in [2.05, 4.69) is 58.7 Å². The van der Waals surface area contributed by atoms with Crippen molar-refractivity contribution < 1.29 is 0 Å². The molecule has 4 nitrogen and oxygen atoms in total. The van der Waals surface area contributed by atoms with Crippen LogP contribution < -0.4 is 5.32 Å². The van der Waals surface area contributed by atoms with E-state index < -0.39 is 0 Å². The summed E-state index contributed by atoms with van der Waals surface area (Å²) in [5, 5.41) is 3.51. The first-order chi connectivity index (χ1) is 9.24. The molecule has 2 aromatic rings. The smallest absolute Gasteiger partial charge is 0.0948 e. The van der Waals surface area contributed by atoms with E-state index in [1.165, 1.54) is 17.7 Å². The molecule has 1 unspecified atom stereocenters. The average molecular weight is 260 g/mol. The fraction of sp³-hybridized carbons (Fsp3) is 0.533. The van der Waals surface area contributed by atoms with Gasteiger partial charge in [0, 0.05) is 31.2 Å². The van der Waals surface area contributed by atoms with Crippen molar-refractivity contribution in [3.05, 3.63) is 42.2 Å². The van der Waals surface area contributed by atoms with Gasteiger partial charge in [-0.3, -0.25) is 0 Å². The number of aryl methyl sites for hydroxylation is 1. The molecule has 0 radical (unpaired) electrons. The van der Waals surface area contributed by atoms with Gasteiger partial charge in [-0.1, -0.05) is 6.92 Å². The number of imidazole rings is 1. The summed E-state index contributed by atoms with van der Waals surface area (Å²) in [7, 11) is 0. The Kier molecular flexibility index (Phi) is 4.80. The van der Waals surface area contributed by atoms with Crippen molar-refractivity contribution in [3.63, 3.8) is 0 Å². The summed E-state index contributed by atoms with van der Waals surface area (Å²) >= 11 is 0. The van der Waals surface area contributed by atoms with Gasteiger partial charge in [0.1, 0.15) is 0 Å². The zero-order valence-electron chi connectivity index (χ0n) is 12.1. The van der Waals surface area contributed by atoms with Crippen LogP contribution in [-0.2, 0) is 13.1 Å². The first-order valence-electron chi connectivity index (χ1n) is 7.12. The lowest BCUT2D eigenvalue weighted by Crippen LogP contribution is -2.18. The van der Waals surface area contributed by atoms with E-state index >= 15 is 0 Å². The van der Waals surface area contributed by atoms with Crippen LogP contribution in [0.2, 0.25) is 0 Å². The van der Waals surface area contributed by atoms with Crippen molar-refractivity contribution in [1.29, 1.82) is 0 Å². The van der Waals surface area contributed by atoms with Crippen LogP contribution in [0.3, 0.4) is 0 Å². The molecule has 0 aliphatic rings. The fourth-order valence-electron chi connectivity index (χ4n) is 2.24. The standard InChI is InChI=1S/C15H24N4/c1-4-7-17-13(3)14-6-8-18(10-14)11-15-9-16-12-19(15)5-2/h6,8-10,12-13,17H,4-5,7,11H2,1-3H3. The molecule has 4 heteroatoms. The van der Waals surface area contributed by atoms with Gasteiger partial charge in [0.05, 0.1) is 18.6 Å². The normalized spacial score (nSPS) is 12.8. The summed E-state index contributed by atoms with van der Waals surface area (Å²) in [5.41, 5.74) is 2.59. The van der Waals surface area contributed by atoms with Crippen LogP contribution in [0, 0.1) is 0 Å². The number of rotatable bonds is 7. The molecule has 0 aliphatic carbocycles. The highest BCUT2D eigenvalue weighted by Gasteiger charge is 2.07. The lowest BCUT2D eigenvalue weighted by Gasteiger charge is -2.11. The Hall–Kier alpha value is -1.55. The van der Waals surface area contributed by atoms with Gasteiger partial charge >= 0.3 is 0 Å². The summed E-state index contributed by atoms with van der Waals surface area (Å²) in [6, 6.07) is 2.61. The van der Waals surface area contributed by atoms with Crippen LogP contribution in [0.1, 0.15) is 44.5 Å². The Balaban J connectivity index is 2.01. The lowest BCUT2D eigenvalue weighted by molar-refractivity contribution is 0.569. The molecule has 0 aromatic carbocycles. The van der Waals surface area contributed by atoms with E-state index in [9.17, 15) is 0 Å². The second-order valence-corrected chi connectivity index (χ2v) is 4.96. The van der Waals surface area contributed by atoms with Crippen molar-refractivity contribution in [3.8, 4) is 0 Å². The van der Waals surface area contributed by atoms with E-state index in [0.29, 0.717) is 6.04 Å². The van der Waals surface area contributed by atoms with E-state index in [1.54, 1.807) is 0 Å². The molecule has 1 N–H and O–H groups in total. The molecule has 0 aliphatic heterocycles. The topological polar surface area (TPSA) is 34.8 Å². The van der Waals surface area contributed by atoms with Crippen LogP contribution in [0.15, 0.2) is 31.0 Å². The fourth-order valence-corrected chi connectivity index (χ4v) is 2.24. The van der Waals surface area contributed by atoms with Crippen LogP contribution in [0.25, 0.3) is 0 Å². The molecule has 1 atom stereocenters. The quantitative estimate of drug-likeness (QED) is 0.830. The zero-order chi connectivity index (χ0) is 13.7. The van der Waals surface area contributed by atoms with Gasteiger partial charge in [-0.05, 0) is 38.4 Å². The van der Waals surface area contributed by atoms with Gasteiger partial charge < -0.3 is 14.5 Å². The number of hydrogen-bond acceptors (Lipinski definition) is 2. The molecule has 19 heavy (non-hydrogen) atoms. The summed E-state index contributed by atoms with van der Waals surface area (Å²) in [5.74, 6) is 0. The van der Waals surface area contributed by atoms with Crippen molar-refractivity contribution in [2.45, 2.75) is 46.3 Å². The molecule has 0 spiro atoms. The third-order valence-electron chi connectivity index (χ3n) is 3.46. The molecule has 0 bridgehead atoms.